The van der Waals surface area contributed by atoms with Crippen LogP contribution in [0.1, 0.15) is 41.5 Å². The Morgan fingerprint density at radius 1 is 1.08 bits per heavy atom. The second-order valence-electron chi connectivity index (χ2n) is 6.36. The standard InChI is InChI=1S/C16H18BF3N2O2/c1-14(2)15(3,4)24-17(23-14)12-9-21-22(10-12)13-7-5-11(6-8-13)16(18,19)20/h5-10H,1-4H3/i5D,6D,7D,8D,9D,10D. The topological polar surface area (TPSA) is 36.3 Å². The Kier molecular flexibility index (Phi) is 2.44. The first kappa shape index (κ1) is 10.9. The molecule has 0 aliphatic carbocycles. The third-order valence-corrected chi connectivity index (χ3v) is 4.09. The van der Waals surface area contributed by atoms with Crippen molar-refractivity contribution in [2.24, 2.45) is 0 Å². The van der Waals surface area contributed by atoms with Crippen molar-refractivity contribution in [3.05, 3.63) is 42.1 Å². The van der Waals surface area contributed by atoms with Crippen LogP contribution < -0.4 is 5.46 Å². The van der Waals surface area contributed by atoms with Crippen LogP contribution in [0.25, 0.3) is 5.69 Å². The summed E-state index contributed by atoms with van der Waals surface area (Å²) in [5.74, 6) is 0. The van der Waals surface area contributed by atoms with Gasteiger partial charge in [-0.15, -0.1) is 0 Å². The van der Waals surface area contributed by atoms with Crippen molar-refractivity contribution in [1.82, 2.24) is 9.78 Å². The first-order valence-corrected chi connectivity index (χ1v) is 7.11. The van der Waals surface area contributed by atoms with Crippen LogP contribution in [0.4, 0.5) is 13.2 Å². The van der Waals surface area contributed by atoms with E-state index in [1.807, 2.05) is 0 Å². The molecular weight excluding hydrogens is 320 g/mol. The Bertz CT molecular complexity index is 996. The van der Waals surface area contributed by atoms with Crippen LogP contribution in [0.5, 0.6) is 0 Å². The summed E-state index contributed by atoms with van der Waals surface area (Å²) in [5, 5.41) is 3.76. The quantitative estimate of drug-likeness (QED) is 0.785. The summed E-state index contributed by atoms with van der Waals surface area (Å²) < 4.78 is 99.4. The number of halogens is 3. The van der Waals surface area contributed by atoms with Crippen LogP contribution in [0.3, 0.4) is 0 Å². The molecule has 1 aliphatic heterocycles. The van der Waals surface area contributed by atoms with Crippen molar-refractivity contribution in [2.75, 3.05) is 0 Å². The Morgan fingerprint density at radius 3 is 2.12 bits per heavy atom. The summed E-state index contributed by atoms with van der Waals surface area (Å²) >= 11 is 0. The fourth-order valence-corrected chi connectivity index (χ4v) is 1.99. The SMILES string of the molecule is [2H]c1nn(-c2c([2H])c([2H])c(C(F)(F)F)c([2H])c2[2H])c([2H])c1B1OC(C)(C)C(C)(C)O1. The van der Waals surface area contributed by atoms with Gasteiger partial charge in [-0.3, -0.25) is 0 Å². The summed E-state index contributed by atoms with van der Waals surface area (Å²) in [6, 6.07) is -4.67. The average Bonchev–Trinajstić information content (AvgIpc) is 2.96. The molecule has 2 heterocycles. The number of nitrogens with zero attached hydrogens (tertiary/aromatic N) is 2. The van der Waals surface area contributed by atoms with Gasteiger partial charge in [0.05, 0.1) is 30.7 Å². The average molecular weight is 344 g/mol. The summed E-state index contributed by atoms with van der Waals surface area (Å²) in [6.07, 6.45) is -6.13. The van der Waals surface area contributed by atoms with Crippen molar-refractivity contribution in [1.29, 1.82) is 0 Å². The molecule has 1 aromatic carbocycles. The van der Waals surface area contributed by atoms with E-state index in [4.69, 9.17) is 17.5 Å². The van der Waals surface area contributed by atoms with Gasteiger partial charge in [-0.25, -0.2) is 4.68 Å². The number of benzene rings is 1. The van der Waals surface area contributed by atoms with E-state index in [-0.39, 0.29) is 5.46 Å². The van der Waals surface area contributed by atoms with Crippen LogP contribution in [0.15, 0.2) is 36.5 Å². The number of alkyl halides is 3. The van der Waals surface area contributed by atoms with E-state index in [2.05, 4.69) is 5.10 Å². The molecule has 1 fully saturated rings. The first-order valence-electron chi connectivity index (χ1n) is 10.1. The highest BCUT2D eigenvalue weighted by Crippen LogP contribution is 2.36. The lowest BCUT2D eigenvalue weighted by molar-refractivity contribution is -0.137. The van der Waals surface area contributed by atoms with Crippen LogP contribution >= 0.6 is 0 Å². The van der Waals surface area contributed by atoms with Gasteiger partial charge in [-0.1, -0.05) is 0 Å². The largest absolute Gasteiger partial charge is 0.498 e. The maximum absolute atomic E-state index is 13.2. The maximum atomic E-state index is 13.2. The highest BCUT2D eigenvalue weighted by Gasteiger charge is 2.52. The van der Waals surface area contributed by atoms with Gasteiger partial charge in [0.15, 0.2) is 0 Å². The van der Waals surface area contributed by atoms with Gasteiger partial charge >= 0.3 is 13.3 Å². The molecule has 0 bridgehead atoms. The Hall–Kier alpha value is -1.80. The van der Waals surface area contributed by atoms with Crippen molar-refractivity contribution < 1.29 is 30.7 Å². The Balaban J connectivity index is 2.20. The highest BCUT2D eigenvalue weighted by atomic mass is 19.4. The predicted octanol–water partition coefficient (Wildman–Crippen LogP) is 3.19. The summed E-state index contributed by atoms with van der Waals surface area (Å²) in [7, 11) is -1.17. The van der Waals surface area contributed by atoms with E-state index < -0.39 is 72.3 Å². The molecule has 4 nitrogen and oxygen atoms in total. The van der Waals surface area contributed by atoms with E-state index in [0.29, 0.717) is 4.68 Å². The number of hydrogen-bond donors (Lipinski definition) is 0. The predicted molar refractivity (Wildman–Crippen MR) is 84.3 cm³/mol. The number of aromatic nitrogens is 2. The summed E-state index contributed by atoms with van der Waals surface area (Å²) in [5.41, 5.74) is -4.10. The molecule has 0 N–H and O–H groups in total. The molecule has 0 amide bonds. The summed E-state index contributed by atoms with van der Waals surface area (Å²) in [6.45, 7) is 7.01. The zero-order chi connectivity index (χ0) is 23.0. The van der Waals surface area contributed by atoms with Gasteiger partial charge in [-0.2, -0.15) is 18.3 Å². The van der Waals surface area contributed by atoms with Crippen molar-refractivity contribution in [2.45, 2.75) is 45.1 Å². The maximum Gasteiger partial charge on any atom is 0.498 e. The van der Waals surface area contributed by atoms with Crippen molar-refractivity contribution in [3.8, 4) is 5.69 Å². The third-order valence-electron chi connectivity index (χ3n) is 4.09. The van der Waals surface area contributed by atoms with E-state index >= 15 is 0 Å². The van der Waals surface area contributed by atoms with Crippen molar-refractivity contribution >= 4 is 12.6 Å². The highest BCUT2D eigenvalue weighted by molar-refractivity contribution is 6.62. The number of rotatable bonds is 2. The second kappa shape index (κ2) is 5.36. The van der Waals surface area contributed by atoms with Gasteiger partial charge < -0.3 is 9.31 Å². The van der Waals surface area contributed by atoms with Gasteiger partial charge in [0.1, 0.15) is 0 Å². The zero-order valence-electron chi connectivity index (χ0n) is 19.4. The molecule has 0 radical (unpaired) electrons. The van der Waals surface area contributed by atoms with Crippen LogP contribution in [-0.4, -0.2) is 28.1 Å². The monoisotopic (exact) mass is 344 g/mol. The third kappa shape index (κ3) is 2.96. The molecule has 1 aliphatic rings. The van der Waals surface area contributed by atoms with E-state index in [1.165, 1.54) is 0 Å². The Morgan fingerprint density at radius 2 is 1.62 bits per heavy atom. The molecular formula is C16H18BF3N2O2. The van der Waals surface area contributed by atoms with E-state index in [1.54, 1.807) is 27.7 Å². The smallest absolute Gasteiger partial charge is 0.399 e. The molecule has 24 heavy (non-hydrogen) atoms. The molecule has 0 unspecified atom stereocenters. The molecule has 0 spiro atoms. The molecule has 2 aromatic rings. The van der Waals surface area contributed by atoms with E-state index in [9.17, 15) is 13.2 Å². The molecule has 1 aromatic heterocycles. The van der Waals surface area contributed by atoms with Crippen LogP contribution in [-0.2, 0) is 15.5 Å². The lowest BCUT2D eigenvalue weighted by Gasteiger charge is -2.32. The second-order valence-corrected chi connectivity index (χ2v) is 6.36. The molecule has 128 valence electrons. The minimum absolute atomic E-state index is 0.134. The fraction of sp³-hybridized carbons (Fsp3) is 0.438. The molecule has 0 atom stereocenters. The van der Waals surface area contributed by atoms with E-state index in [0.717, 1.165) is 0 Å². The minimum Gasteiger partial charge on any atom is -0.399 e. The van der Waals surface area contributed by atoms with Gasteiger partial charge in [0.25, 0.3) is 0 Å². The Labute approximate surface area is 147 Å². The van der Waals surface area contributed by atoms with Crippen molar-refractivity contribution in [3.63, 3.8) is 0 Å². The molecule has 8 heteroatoms. The van der Waals surface area contributed by atoms with Gasteiger partial charge in [0, 0.05) is 17.8 Å². The molecule has 1 saturated heterocycles. The fourth-order valence-electron chi connectivity index (χ4n) is 1.99. The van der Waals surface area contributed by atoms with Crippen LogP contribution in [0, 0.1) is 0 Å². The lowest BCUT2D eigenvalue weighted by atomic mass is 9.82. The normalized spacial score (nSPS) is 23.2. The molecule has 0 saturated carbocycles. The first-order chi connectivity index (χ1) is 13.5. The summed E-state index contributed by atoms with van der Waals surface area (Å²) in [4.78, 5) is 0. The minimum atomic E-state index is -5.10. The van der Waals surface area contributed by atoms with Gasteiger partial charge in [-0.05, 0) is 51.9 Å². The van der Waals surface area contributed by atoms with Crippen LogP contribution in [0.2, 0.25) is 0 Å². The van der Waals surface area contributed by atoms with Gasteiger partial charge in [0.2, 0.25) is 0 Å². The molecule has 3 rings (SSSR count). The number of hydrogen-bond acceptors (Lipinski definition) is 3. The lowest BCUT2D eigenvalue weighted by Crippen LogP contribution is -2.41. The zero-order valence-corrected chi connectivity index (χ0v) is 13.4.